The number of likely N-dealkylation sites (tertiary alicyclic amines) is 1. The quantitative estimate of drug-likeness (QED) is 0.667. The van der Waals surface area contributed by atoms with Gasteiger partial charge in [0.2, 0.25) is 0 Å². The Balaban J connectivity index is 1.47. The monoisotopic (exact) mass is 382 g/mol. The Morgan fingerprint density at radius 3 is 2.86 bits per heavy atom. The van der Waals surface area contributed by atoms with Crippen molar-refractivity contribution in [3.05, 3.63) is 71.2 Å². The molecule has 0 radical (unpaired) electrons. The molecule has 3 aromatic rings. The number of fused-ring (bicyclic) bond motifs is 3. The normalized spacial score (nSPS) is 20.6. The molecule has 1 saturated heterocycles. The van der Waals surface area contributed by atoms with Crippen LogP contribution in [0.15, 0.2) is 48.8 Å². The van der Waals surface area contributed by atoms with Crippen LogP contribution in [0.3, 0.4) is 0 Å². The fraction of sp³-hybridized carbons (Fsp3) is 0.292. The zero-order valence-corrected chi connectivity index (χ0v) is 16.4. The van der Waals surface area contributed by atoms with Crippen molar-refractivity contribution in [2.45, 2.75) is 25.8 Å². The minimum Gasteiger partial charge on any atom is -0.342 e. The van der Waals surface area contributed by atoms with Crippen molar-refractivity contribution in [3.63, 3.8) is 0 Å². The molecular weight excluding hydrogens is 360 g/mol. The number of pyridine rings is 1. The van der Waals surface area contributed by atoms with Gasteiger partial charge in [-0.25, -0.2) is 0 Å². The Bertz CT molecular complexity index is 1170. The average Bonchev–Trinajstić information content (AvgIpc) is 3.40. The van der Waals surface area contributed by atoms with Crippen molar-refractivity contribution in [3.8, 4) is 6.07 Å². The minimum absolute atomic E-state index is 0.0367. The summed E-state index contributed by atoms with van der Waals surface area (Å²) in [5, 5.41) is 10.1. The molecule has 1 aliphatic heterocycles. The highest BCUT2D eigenvalue weighted by Gasteiger charge is 2.31. The molecule has 0 bridgehead atoms. The number of hydrogen-bond donors (Lipinski definition) is 0. The lowest BCUT2D eigenvalue weighted by atomic mass is 9.92. The molecule has 0 spiro atoms. The number of rotatable bonds is 2. The van der Waals surface area contributed by atoms with Crippen molar-refractivity contribution in [2.24, 2.45) is 5.92 Å². The molecule has 3 heterocycles. The second kappa shape index (κ2) is 6.89. The number of nitrogens with zero attached hydrogens (tertiary/aromatic N) is 4. The third-order valence-electron chi connectivity index (χ3n) is 6.29. The van der Waals surface area contributed by atoms with E-state index in [0.29, 0.717) is 23.6 Å². The number of hydrogen-bond acceptors (Lipinski definition) is 3. The lowest BCUT2D eigenvalue weighted by Crippen LogP contribution is -2.43. The number of piperidine rings is 1. The van der Waals surface area contributed by atoms with Crippen molar-refractivity contribution in [2.75, 3.05) is 13.1 Å². The Morgan fingerprint density at radius 1 is 1.24 bits per heavy atom. The molecule has 5 rings (SSSR count). The van der Waals surface area contributed by atoms with E-state index in [4.69, 9.17) is 5.26 Å². The van der Waals surface area contributed by atoms with Gasteiger partial charge in [-0.3, -0.25) is 9.78 Å². The number of amides is 1. The molecule has 1 fully saturated rings. The fourth-order valence-corrected chi connectivity index (χ4v) is 4.58. The van der Waals surface area contributed by atoms with Gasteiger partial charge in [0.1, 0.15) is 0 Å². The molecule has 1 aliphatic carbocycles. The van der Waals surface area contributed by atoms with E-state index in [2.05, 4.69) is 47.0 Å². The van der Waals surface area contributed by atoms with Gasteiger partial charge in [-0.15, -0.1) is 0 Å². The molecule has 5 nitrogen and oxygen atoms in total. The topological polar surface area (TPSA) is 61.9 Å². The molecule has 29 heavy (non-hydrogen) atoms. The van der Waals surface area contributed by atoms with Crippen LogP contribution in [0.25, 0.3) is 17.0 Å². The number of carbonyl (C=O) groups is 1. The molecule has 144 valence electrons. The molecule has 1 aromatic carbocycles. The summed E-state index contributed by atoms with van der Waals surface area (Å²) >= 11 is 0. The van der Waals surface area contributed by atoms with Crippen LogP contribution in [0.4, 0.5) is 0 Å². The van der Waals surface area contributed by atoms with Crippen LogP contribution in [0, 0.1) is 17.2 Å². The van der Waals surface area contributed by atoms with Crippen LogP contribution in [0.1, 0.15) is 46.6 Å². The zero-order valence-electron chi connectivity index (χ0n) is 16.4. The number of nitriles is 1. The summed E-state index contributed by atoms with van der Waals surface area (Å²) in [6.07, 6.45) is 10.3. The summed E-state index contributed by atoms with van der Waals surface area (Å²) in [5.41, 5.74) is 4.79. The van der Waals surface area contributed by atoms with E-state index < -0.39 is 0 Å². The van der Waals surface area contributed by atoms with Gasteiger partial charge < -0.3 is 9.47 Å². The van der Waals surface area contributed by atoms with Crippen LogP contribution in [-0.2, 0) is 6.42 Å². The van der Waals surface area contributed by atoms with E-state index in [0.717, 1.165) is 30.5 Å². The van der Waals surface area contributed by atoms with Gasteiger partial charge in [0, 0.05) is 48.4 Å². The van der Waals surface area contributed by atoms with Crippen LogP contribution >= 0.6 is 0 Å². The van der Waals surface area contributed by atoms with E-state index >= 15 is 0 Å². The number of aromatic nitrogens is 2. The predicted molar refractivity (Wildman–Crippen MR) is 112 cm³/mol. The van der Waals surface area contributed by atoms with E-state index in [-0.39, 0.29) is 11.9 Å². The van der Waals surface area contributed by atoms with Gasteiger partial charge in [-0.1, -0.05) is 19.1 Å². The van der Waals surface area contributed by atoms with Crippen LogP contribution in [-0.4, -0.2) is 33.4 Å². The van der Waals surface area contributed by atoms with Crippen LogP contribution in [0.5, 0.6) is 0 Å². The fourth-order valence-electron chi connectivity index (χ4n) is 4.58. The van der Waals surface area contributed by atoms with Gasteiger partial charge >= 0.3 is 0 Å². The van der Waals surface area contributed by atoms with Gasteiger partial charge in [0.25, 0.3) is 5.91 Å². The minimum atomic E-state index is 0.0367. The predicted octanol–water partition coefficient (Wildman–Crippen LogP) is 4.20. The summed E-state index contributed by atoms with van der Waals surface area (Å²) in [6.45, 7) is 3.72. The average molecular weight is 382 g/mol. The Hall–Kier alpha value is -3.39. The first-order valence-corrected chi connectivity index (χ1v) is 10.1. The Kier molecular flexibility index (Phi) is 4.21. The van der Waals surface area contributed by atoms with E-state index in [1.54, 1.807) is 24.3 Å². The third kappa shape index (κ3) is 2.92. The van der Waals surface area contributed by atoms with Crippen molar-refractivity contribution >= 4 is 22.9 Å². The first-order chi connectivity index (χ1) is 14.2. The standard InChI is InChI=1S/C24H22N4O/c1-16-9-11-27(24(29)18-7-5-17(13-25)6-8-18)15-22(16)28-12-10-19-14-26-21-4-2-3-20(21)23(19)28/h2-3,5-8,10,12,14,16,22H,4,9,11,15H2,1H3/t16-,22+/m1/s1. The van der Waals surface area contributed by atoms with Gasteiger partial charge in [0.15, 0.2) is 0 Å². The molecule has 2 atom stereocenters. The molecule has 2 aliphatic rings. The molecule has 0 saturated carbocycles. The molecule has 1 amide bonds. The van der Waals surface area contributed by atoms with Crippen LogP contribution < -0.4 is 0 Å². The highest BCUT2D eigenvalue weighted by Crippen LogP contribution is 2.35. The summed E-state index contributed by atoms with van der Waals surface area (Å²) in [5.74, 6) is 0.513. The lowest BCUT2D eigenvalue weighted by Gasteiger charge is -2.38. The zero-order chi connectivity index (χ0) is 20.0. The lowest BCUT2D eigenvalue weighted by molar-refractivity contribution is 0.0625. The molecule has 5 heteroatoms. The van der Waals surface area contributed by atoms with Gasteiger partial charge in [0.05, 0.1) is 28.9 Å². The SMILES string of the molecule is C[C@@H]1CCN(C(=O)c2ccc(C#N)cc2)C[C@@H]1n1ccc2cnc3c(c21)C=CC3. The molecular formula is C24H22N4O. The Morgan fingerprint density at radius 2 is 2.07 bits per heavy atom. The number of benzene rings is 1. The molecule has 2 aromatic heterocycles. The first-order valence-electron chi connectivity index (χ1n) is 10.1. The van der Waals surface area contributed by atoms with Crippen molar-refractivity contribution in [1.82, 2.24) is 14.5 Å². The highest BCUT2D eigenvalue weighted by atomic mass is 16.2. The number of allylic oxidation sites excluding steroid dienone is 1. The number of carbonyl (C=O) groups excluding carboxylic acids is 1. The second-order valence-corrected chi connectivity index (χ2v) is 8.03. The molecule has 0 N–H and O–H groups in total. The first kappa shape index (κ1) is 17.7. The smallest absolute Gasteiger partial charge is 0.253 e. The van der Waals surface area contributed by atoms with E-state index in [9.17, 15) is 4.79 Å². The largest absolute Gasteiger partial charge is 0.342 e. The second-order valence-electron chi connectivity index (χ2n) is 8.03. The van der Waals surface area contributed by atoms with E-state index in [1.165, 1.54) is 11.1 Å². The summed E-state index contributed by atoms with van der Waals surface area (Å²) in [6, 6.07) is 11.4. The van der Waals surface area contributed by atoms with Crippen LogP contribution in [0.2, 0.25) is 0 Å². The van der Waals surface area contributed by atoms with Crippen molar-refractivity contribution < 1.29 is 4.79 Å². The van der Waals surface area contributed by atoms with Crippen molar-refractivity contribution in [1.29, 1.82) is 5.26 Å². The Labute approximate surface area is 169 Å². The highest BCUT2D eigenvalue weighted by molar-refractivity contribution is 5.94. The maximum Gasteiger partial charge on any atom is 0.253 e. The summed E-state index contributed by atoms with van der Waals surface area (Å²) in [4.78, 5) is 19.6. The summed E-state index contributed by atoms with van der Waals surface area (Å²) in [7, 11) is 0. The van der Waals surface area contributed by atoms with E-state index in [1.807, 2.05) is 11.1 Å². The van der Waals surface area contributed by atoms with Gasteiger partial charge in [-0.05, 0) is 42.7 Å². The maximum absolute atomic E-state index is 13.1. The third-order valence-corrected chi connectivity index (χ3v) is 6.29. The maximum atomic E-state index is 13.1. The van der Waals surface area contributed by atoms with Gasteiger partial charge in [-0.2, -0.15) is 5.26 Å². The summed E-state index contributed by atoms with van der Waals surface area (Å²) < 4.78 is 2.36. The molecule has 0 unspecified atom stereocenters.